The van der Waals surface area contributed by atoms with Gasteiger partial charge in [-0.05, 0) is 30.7 Å². The molecule has 0 bridgehead atoms. The Hall–Kier alpha value is -2.69. The lowest BCUT2D eigenvalue weighted by Gasteiger charge is -2.08. The van der Waals surface area contributed by atoms with Crippen molar-refractivity contribution in [1.29, 1.82) is 0 Å². The van der Waals surface area contributed by atoms with Gasteiger partial charge in [0.05, 0.1) is 13.7 Å². The summed E-state index contributed by atoms with van der Waals surface area (Å²) in [4.78, 5) is 1.60. The molecule has 0 fully saturated rings. The van der Waals surface area contributed by atoms with E-state index in [1.54, 1.807) is 11.9 Å². The van der Waals surface area contributed by atoms with Gasteiger partial charge in [-0.15, -0.1) is 10.2 Å². The molecule has 1 heterocycles. The number of aryl methyl sites for hydroxylation is 2. The minimum absolute atomic E-state index is 0.531. The lowest BCUT2D eigenvalue weighted by Crippen LogP contribution is -2.06. The Kier molecular flexibility index (Phi) is 3.87. The normalized spacial score (nSPS) is 10.7. The first-order valence-corrected chi connectivity index (χ1v) is 7.14. The van der Waals surface area contributed by atoms with E-state index in [2.05, 4.69) is 28.4 Å². The minimum atomic E-state index is 0.531. The van der Waals surface area contributed by atoms with Crippen molar-refractivity contribution in [1.82, 2.24) is 20.2 Å². The number of nitrogens with zero attached hydrogens (tertiary/aromatic N) is 4. The Morgan fingerprint density at radius 2 is 1.91 bits per heavy atom. The van der Waals surface area contributed by atoms with Gasteiger partial charge >= 0.3 is 0 Å². The highest BCUT2D eigenvalue weighted by Crippen LogP contribution is 2.21. The van der Waals surface area contributed by atoms with Gasteiger partial charge in [-0.3, -0.25) is 0 Å². The van der Waals surface area contributed by atoms with Crippen LogP contribution in [-0.4, -0.2) is 27.3 Å². The summed E-state index contributed by atoms with van der Waals surface area (Å²) in [5, 5.41) is 12.8. The molecule has 0 aliphatic rings. The van der Waals surface area contributed by atoms with Gasteiger partial charge < -0.3 is 4.74 Å². The molecule has 2 aromatic carbocycles. The first kappa shape index (κ1) is 14.3. The molecule has 3 aromatic rings. The van der Waals surface area contributed by atoms with E-state index in [4.69, 9.17) is 4.74 Å². The standard InChI is InChI=1S/C17H18N4O/c1-12-8-9-16(22-3)14(10-12)11-21-19-17(18-20-21)15-7-5-4-6-13(15)2/h4-10H,11H2,1-3H3. The van der Waals surface area contributed by atoms with Crippen LogP contribution < -0.4 is 4.74 Å². The van der Waals surface area contributed by atoms with Gasteiger partial charge in [0.15, 0.2) is 0 Å². The average molecular weight is 294 g/mol. The van der Waals surface area contributed by atoms with Crippen molar-refractivity contribution in [3.05, 3.63) is 59.2 Å². The predicted octanol–water partition coefficient (Wildman–Crippen LogP) is 3.01. The van der Waals surface area contributed by atoms with Gasteiger partial charge in [0.1, 0.15) is 5.75 Å². The van der Waals surface area contributed by atoms with Crippen molar-refractivity contribution < 1.29 is 4.74 Å². The molecule has 0 amide bonds. The minimum Gasteiger partial charge on any atom is -0.496 e. The number of hydrogen-bond acceptors (Lipinski definition) is 4. The highest BCUT2D eigenvalue weighted by atomic mass is 16.5. The maximum Gasteiger partial charge on any atom is 0.205 e. The van der Waals surface area contributed by atoms with Crippen molar-refractivity contribution in [2.75, 3.05) is 7.11 Å². The lowest BCUT2D eigenvalue weighted by molar-refractivity contribution is 0.405. The van der Waals surface area contributed by atoms with Crippen LogP contribution in [0.2, 0.25) is 0 Å². The molecule has 5 nitrogen and oxygen atoms in total. The number of rotatable bonds is 4. The molecule has 0 unspecified atom stereocenters. The van der Waals surface area contributed by atoms with Crippen LogP contribution in [-0.2, 0) is 6.54 Å². The molecule has 1 aromatic heterocycles. The van der Waals surface area contributed by atoms with Gasteiger partial charge in [-0.1, -0.05) is 42.0 Å². The summed E-state index contributed by atoms with van der Waals surface area (Å²) in [6, 6.07) is 14.1. The van der Waals surface area contributed by atoms with Crippen LogP contribution in [0.25, 0.3) is 11.4 Å². The van der Waals surface area contributed by atoms with Crippen molar-refractivity contribution in [3.63, 3.8) is 0 Å². The molecule has 0 aliphatic carbocycles. The molecule has 0 atom stereocenters. The van der Waals surface area contributed by atoms with Gasteiger partial charge in [-0.25, -0.2) is 0 Å². The fraction of sp³-hybridized carbons (Fsp3) is 0.235. The molecular weight excluding hydrogens is 276 g/mol. The third-order valence-corrected chi connectivity index (χ3v) is 3.59. The Bertz CT molecular complexity index is 795. The Labute approximate surface area is 129 Å². The zero-order chi connectivity index (χ0) is 15.5. The average Bonchev–Trinajstić information content (AvgIpc) is 2.96. The molecule has 0 saturated carbocycles. The Morgan fingerprint density at radius 1 is 1.09 bits per heavy atom. The van der Waals surface area contributed by atoms with Crippen LogP contribution in [0, 0.1) is 13.8 Å². The number of hydrogen-bond donors (Lipinski definition) is 0. The summed E-state index contributed by atoms with van der Waals surface area (Å²) >= 11 is 0. The van der Waals surface area contributed by atoms with Gasteiger partial charge in [0.2, 0.25) is 5.82 Å². The molecule has 112 valence electrons. The second kappa shape index (κ2) is 5.97. The largest absolute Gasteiger partial charge is 0.496 e. The smallest absolute Gasteiger partial charge is 0.205 e. The van der Waals surface area contributed by atoms with Gasteiger partial charge in [-0.2, -0.15) is 4.80 Å². The number of ether oxygens (including phenoxy) is 1. The monoisotopic (exact) mass is 294 g/mol. The number of benzene rings is 2. The van der Waals surface area contributed by atoms with E-state index < -0.39 is 0 Å². The fourth-order valence-corrected chi connectivity index (χ4v) is 2.43. The molecule has 3 rings (SSSR count). The zero-order valence-corrected chi connectivity index (χ0v) is 12.9. The second-order valence-electron chi connectivity index (χ2n) is 5.27. The van der Waals surface area contributed by atoms with Crippen LogP contribution in [0.15, 0.2) is 42.5 Å². The van der Waals surface area contributed by atoms with Gasteiger partial charge in [0.25, 0.3) is 0 Å². The van der Waals surface area contributed by atoms with Gasteiger partial charge in [0, 0.05) is 11.1 Å². The van der Waals surface area contributed by atoms with Crippen molar-refractivity contribution >= 4 is 0 Å². The van der Waals surface area contributed by atoms with E-state index in [1.807, 2.05) is 43.3 Å². The lowest BCUT2D eigenvalue weighted by atomic mass is 10.1. The molecule has 0 radical (unpaired) electrons. The van der Waals surface area contributed by atoms with Crippen LogP contribution in [0.5, 0.6) is 5.75 Å². The quantitative estimate of drug-likeness (QED) is 0.742. The van der Waals surface area contributed by atoms with E-state index in [-0.39, 0.29) is 0 Å². The van der Waals surface area contributed by atoms with Crippen molar-refractivity contribution in [2.45, 2.75) is 20.4 Å². The number of aromatic nitrogens is 4. The summed E-state index contributed by atoms with van der Waals surface area (Å²) in [5.74, 6) is 1.48. The molecule has 22 heavy (non-hydrogen) atoms. The summed E-state index contributed by atoms with van der Waals surface area (Å²) < 4.78 is 5.39. The summed E-state index contributed by atoms with van der Waals surface area (Å²) in [6.07, 6.45) is 0. The predicted molar refractivity (Wildman–Crippen MR) is 84.8 cm³/mol. The third-order valence-electron chi connectivity index (χ3n) is 3.59. The second-order valence-corrected chi connectivity index (χ2v) is 5.27. The van der Waals surface area contributed by atoms with Crippen LogP contribution in [0.4, 0.5) is 0 Å². The maximum atomic E-state index is 5.39. The van der Waals surface area contributed by atoms with Crippen LogP contribution in [0.1, 0.15) is 16.7 Å². The first-order chi connectivity index (χ1) is 10.7. The van der Waals surface area contributed by atoms with E-state index in [1.165, 1.54) is 5.56 Å². The summed E-state index contributed by atoms with van der Waals surface area (Å²) in [5.41, 5.74) is 4.35. The van der Waals surface area contributed by atoms with E-state index >= 15 is 0 Å². The summed E-state index contributed by atoms with van der Waals surface area (Å²) in [7, 11) is 1.67. The molecule has 0 aliphatic heterocycles. The highest BCUT2D eigenvalue weighted by Gasteiger charge is 2.10. The van der Waals surface area contributed by atoms with E-state index in [0.29, 0.717) is 12.4 Å². The van der Waals surface area contributed by atoms with Crippen LogP contribution >= 0.6 is 0 Å². The van der Waals surface area contributed by atoms with Crippen LogP contribution in [0.3, 0.4) is 0 Å². The van der Waals surface area contributed by atoms with E-state index in [0.717, 1.165) is 22.4 Å². The number of methoxy groups -OCH3 is 1. The topological polar surface area (TPSA) is 52.8 Å². The van der Waals surface area contributed by atoms with Crippen molar-refractivity contribution in [2.24, 2.45) is 0 Å². The third kappa shape index (κ3) is 2.83. The molecular formula is C17H18N4O. The first-order valence-electron chi connectivity index (χ1n) is 7.14. The van der Waals surface area contributed by atoms with E-state index in [9.17, 15) is 0 Å². The zero-order valence-electron chi connectivity index (χ0n) is 12.9. The Morgan fingerprint density at radius 3 is 2.68 bits per heavy atom. The summed E-state index contributed by atoms with van der Waals surface area (Å²) in [6.45, 7) is 4.62. The number of tetrazole rings is 1. The Balaban J connectivity index is 1.89. The molecule has 0 N–H and O–H groups in total. The maximum absolute atomic E-state index is 5.39. The molecule has 5 heteroatoms. The van der Waals surface area contributed by atoms with Crippen molar-refractivity contribution in [3.8, 4) is 17.1 Å². The molecule has 0 saturated heterocycles. The fourth-order valence-electron chi connectivity index (χ4n) is 2.43. The SMILES string of the molecule is COc1ccc(C)cc1Cn1nnc(-c2ccccc2C)n1. The highest BCUT2D eigenvalue weighted by molar-refractivity contribution is 5.58. The molecule has 0 spiro atoms.